The fourth-order valence-electron chi connectivity index (χ4n) is 2.79. The number of rotatable bonds is 7. The zero-order valence-corrected chi connectivity index (χ0v) is 12.4. The predicted octanol–water partition coefficient (Wildman–Crippen LogP) is 2.04. The first-order valence-electron chi connectivity index (χ1n) is 7.69. The van der Waals surface area contributed by atoms with E-state index < -0.39 is 0 Å². The van der Waals surface area contributed by atoms with E-state index in [-0.39, 0.29) is 24.3 Å². The number of anilines is 1. The molecule has 0 saturated heterocycles. The number of halogens is 1. The number of amides is 1. The van der Waals surface area contributed by atoms with Crippen LogP contribution in [0.3, 0.4) is 0 Å². The molecule has 1 saturated carbocycles. The van der Waals surface area contributed by atoms with E-state index in [4.69, 9.17) is 5.73 Å². The molecule has 0 unspecified atom stereocenters. The van der Waals surface area contributed by atoms with Gasteiger partial charge in [-0.1, -0.05) is 25.0 Å². The van der Waals surface area contributed by atoms with E-state index in [0.29, 0.717) is 18.8 Å². The van der Waals surface area contributed by atoms with Crippen molar-refractivity contribution in [3.8, 4) is 0 Å². The van der Waals surface area contributed by atoms with Crippen LogP contribution in [0.4, 0.5) is 10.1 Å². The van der Waals surface area contributed by atoms with Gasteiger partial charge >= 0.3 is 0 Å². The highest BCUT2D eigenvalue weighted by molar-refractivity contribution is 5.81. The first kappa shape index (κ1) is 15.8. The van der Waals surface area contributed by atoms with Gasteiger partial charge in [0, 0.05) is 12.6 Å². The molecule has 0 aromatic heterocycles. The molecule has 21 heavy (non-hydrogen) atoms. The van der Waals surface area contributed by atoms with Crippen molar-refractivity contribution in [3.63, 3.8) is 0 Å². The molecule has 1 amide bonds. The van der Waals surface area contributed by atoms with Gasteiger partial charge in [0.1, 0.15) is 5.82 Å². The zero-order chi connectivity index (χ0) is 15.1. The average Bonchev–Trinajstić information content (AvgIpc) is 2.97. The molecule has 116 valence electrons. The number of hydrogen-bond acceptors (Lipinski definition) is 3. The molecule has 0 spiro atoms. The monoisotopic (exact) mass is 293 g/mol. The lowest BCUT2D eigenvalue weighted by Crippen LogP contribution is -2.42. The largest absolute Gasteiger partial charge is 0.360 e. The third kappa shape index (κ3) is 4.70. The second-order valence-electron chi connectivity index (χ2n) is 5.56. The fraction of sp³-hybridized carbons (Fsp3) is 0.562. The Morgan fingerprint density at radius 2 is 2.05 bits per heavy atom. The summed E-state index contributed by atoms with van der Waals surface area (Å²) in [5, 5.41) is 3.04. The van der Waals surface area contributed by atoms with Gasteiger partial charge < -0.3 is 16.0 Å². The van der Waals surface area contributed by atoms with E-state index in [9.17, 15) is 9.18 Å². The fourth-order valence-corrected chi connectivity index (χ4v) is 2.79. The highest BCUT2D eigenvalue weighted by Gasteiger charge is 2.19. The first-order chi connectivity index (χ1) is 10.2. The Morgan fingerprint density at radius 3 is 2.71 bits per heavy atom. The van der Waals surface area contributed by atoms with Gasteiger partial charge in [0.15, 0.2) is 0 Å². The molecule has 0 bridgehead atoms. The van der Waals surface area contributed by atoms with Gasteiger partial charge in [-0.15, -0.1) is 0 Å². The average molecular weight is 293 g/mol. The number of hydrogen-bond donors (Lipinski definition) is 2. The maximum atomic E-state index is 13.9. The van der Waals surface area contributed by atoms with Crippen LogP contribution >= 0.6 is 0 Å². The normalized spacial score (nSPS) is 15.1. The van der Waals surface area contributed by atoms with Crippen molar-refractivity contribution in [2.24, 2.45) is 5.73 Å². The standard InChI is InChI=1S/C16H24FN3O/c17-14-8-3-4-9-15(14)20(11-5-10-18)12-16(21)19-13-6-1-2-7-13/h3-4,8-9,13H,1-2,5-7,10-12,18H2,(H,19,21). The first-order valence-corrected chi connectivity index (χ1v) is 7.69. The molecule has 1 aromatic rings. The summed E-state index contributed by atoms with van der Waals surface area (Å²) in [5.41, 5.74) is 6.00. The van der Waals surface area contributed by atoms with Crippen LogP contribution in [0.1, 0.15) is 32.1 Å². The van der Waals surface area contributed by atoms with Gasteiger partial charge in [0.2, 0.25) is 5.91 Å². The van der Waals surface area contributed by atoms with Crippen molar-refractivity contribution < 1.29 is 9.18 Å². The van der Waals surface area contributed by atoms with Crippen molar-refractivity contribution in [1.29, 1.82) is 0 Å². The second kappa shape index (κ2) is 7.98. The van der Waals surface area contributed by atoms with Crippen LogP contribution in [0, 0.1) is 5.82 Å². The lowest BCUT2D eigenvalue weighted by Gasteiger charge is -2.25. The van der Waals surface area contributed by atoms with Gasteiger partial charge in [0.25, 0.3) is 0 Å². The van der Waals surface area contributed by atoms with Crippen LogP contribution in [0.15, 0.2) is 24.3 Å². The molecule has 1 fully saturated rings. The minimum atomic E-state index is -0.303. The van der Waals surface area contributed by atoms with Gasteiger partial charge in [-0.3, -0.25) is 4.79 Å². The smallest absolute Gasteiger partial charge is 0.239 e. The Hall–Kier alpha value is -1.62. The van der Waals surface area contributed by atoms with Gasteiger partial charge in [-0.05, 0) is 37.9 Å². The van der Waals surface area contributed by atoms with E-state index in [1.807, 2.05) is 0 Å². The molecule has 1 aromatic carbocycles. The Bertz CT molecular complexity index is 461. The molecule has 2 rings (SSSR count). The summed E-state index contributed by atoms with van der Waals surface area (Å²) in [6, 6.07) is 6.84. The predicted molar refractivity (Wildman–Crippen MR) is 82.7 cm³/mol. The van der Waals surface area contributed by atoms with Crippen molar-refractivity contribution in [2.75, 3.05) is 24.5 Å². The van der Waals surface area contributed by atoms with Crippen molar-refractivity contribution in [3.05, 3.63) is 30.1 Å². The van der Waals surface area contributed by atoms with Gasteiger partial charge in [-0.25, -0.2) is 4.39 Å². The summed E-state index contributed by atoms with van der Waals surface area (Å²) in [6.45, 7) is 1.28. The molecule has 0 atom stereocenters. The lowest BCUT2D eigenvalue weighted by atomic mass is 10.2. The molecule has 0 aliphatic heterocycles. The summed E-state index contributed by atoms with van der Waals surface area (Å²) < 4.78 is 13.9. The Kier molecular flexibility index (Phi) is 5.99. The maximum Gasteiger partial charge on any atom is 0.239 e. The minimum Gasteiger partial charge on any atom is -0.360 e. The quantitative estimate of drug-likeness (QED) is 0.809. The SMILES string of the molecule is NCCCN(CC(=O)NC1CCCC1)c1ccccc1F. The van der Waals surface area contributed by atoms with Crippen LogP contribution < -0.4 is 16.0 Å². The summed E-state index contributed by atoms with van der Waals surface area (Å²) in [4.78, 5) is 13.9. The Morgan fingerprint density at radius 1 is 1.33 bits per heavy atom. The highest BCUT2D eigenvalue weighted by Crippen LogP contribution is 2.20. The van der Waals surface area contributed by atoms with E-state index in [0.717, 1.165) is 19.3 Å². The summed E-state index contributed by atoms with van der Waals surface area (Å²) in [5.74, 6) is -0.342. The molecule has 5 heteroatoms. The number of nitrogens with two attached hydrogens (primary N) is 1. The maximum absolute atomic E-state index is 13.9. The number of carbonyl (C=O) groups is 1. The van der Waals surface area contributed by atoms with Crippen LogP contribution in [-0.2, 0) is 4.79 Å². The van der Waals surface area contributed by atoms with Crippen molar-refractivity contribution in [1.82, 2.24) is 5.32 Å². The summed E-state index contributed by atoms with van der Waals surface area (Å²) in [6.07, 6.45) is 5.18. The number of benzene rings is 1. The highest BCUT2D eigenvalue weighted by atomic mass is 19.1. The van der Waals surface area contributed by atoms with Crippen LogP contribution in [0.5, 0.6) is 0 Å². The second-order valence-corrected chi connectivity index (χ2v) is 5.56. The molecule has 1 aliphatic rings. The van der Waals surface area contributed by atoms with E-state index in [1.54, 1.807) is 23.1 Å². The molecule has 0 heterocycles. The Balaban J connectivity index is 1.98. The molecular formula is C16H24FN3O. The third-order valence-electron chi connectivity index (χ3n) is 3.88. The van der Waals surface area contributed by atoms with Crippen molar-refractivity contribution in [2.45, 2.75) is 38.1 Å². The number of nitrogens with one attached hydrogen (secondary N) is 1. The molecule has 3 N–H and O–H groups in total. The number of nitrogens with zero attached hydrogens (tertiary/aromatic N) is 1. The number of para-hydroxylation sites is 1. The minimum absolute atomic E-state index is 0.0397. The third-order valence-corrected chi connectivity index (χ3v) is 3.88. The van der Waals surface area contributed by atoms with Crippen LogP contribution in [0.2, 0.25) is 0 Å². The van der Waals surface area contributed by atoms with E-state index in [1.165, 1.54) is 18.9 Å². The van der Waals surface area contributed by atoms with Crippen LogP contribution in [0.25, 0.3) is 0 Å². The summed E-state index contributed by atoms with van der Waals surface area (Å²) >= 11 is 0. The molecule has 0 radical (unpaired) electrons. The zero-order valence-electron chi connectivity index (χ0n) is 12.4. The van der Waals surface area contributed by atoms with E-state index in [2.05, 4.69) is 5.32 Å². The van der Waals surface area contributed by atoms with Gasteiger partial charge in [-0.2, -0.15) is 0 Å². The molecule has 4 nitrogen and oxygen atoms in total. The lowest BCUT2D eigenvalue weighted by molar-refractivity contribution is -0.120. The number of carbonyl (C=O) groups excluding carboxylic acids is 1. The molecule has 1 aliphatic carbocycles. The van der Waals surface area contributed by atoms with E-state index >= 15 is 0 Å². The summed E-state index contributed by atoms with van der Waals surface area (Å²) in [7, 11) is 0. The van der Waals surface area contributed by atoms with Crippen molar-refractivity contribution >= 4 is 11.6 Å². The Labute approximate surface area is 125 Å². The topological polar surface area (TPSA) is 58.4 Å². The van der Waals surface area contributed by atoms with Crippen LogP contribution in [-0.4, -0.2) is 31.6 Å². The van der Waals surface area contributed by atoms with Gasteiger partial charge in [0.05, 0.1) is 12.2 Å². The molecular weight excluding hydrogens is 269 g/mol.